The van der Waals surface area contributed by atoms with E-state index in [9.17, 15) is 0 Å². The normalized spacial score (nSPS) is 8.17. The van der Waals surface area contributed by atoms with Crippen molar-refractivity contribution in [3.63, 3.8) is 0 Å². The van der Waals surface area contributed by atoms with Crippen molar-refractivity contribution in [3.05, 3.63) is 28.8 Å². The number of anilines is 1. The van der Waals surface area contributed by atoms with Crippen molar-refractivity contribution < 1.29 is 0 Å². The summed E-state index contributed by atoms with van der Waals surface area (Å²) in [5.74, 6) is 0. The fourth-order valence-electron chi connectivity index (χ4n) is 0.729. The molecule has 70 valence electrons. The standard InChI is InChI=1S/C7H9ClN2.2ClH/c8-7-3-6(10)2-1-5(7)4-9;;/h1-3H,4,9-10H2;2*1H. The fourth-order valence-corrected chi connectivity index (χ4v) is 0.995. The Hall–Kier alpha value is -0.150. The summed E-state index contributed by atoms with van der Waals surface area (Å²) in [6.07, 6.45) is 0. The van der Waals surface area contributed by atoms with Crippen molar-refractivity contribution in [1.29, 1.82) is 0 Å². The second kappa shape index (κ2) is 6.38. The van der Waals surface area contributed by atoms with Gasteiger partial charge >= 0.3 is 0 Å². The van der Waals surface area contributed by atoms with Gasteiger partial charge in [0.05, 0.1) is 0 Å². The van der Waals surface area contributed by atoms with E-state index in [1.165, 1.54) is 0 Å². The van der Waals surface area contributed by atoms with Crippen LogP contribution in [0.5, 0.6) is 0 Å². The maximum Gasteiger partial charge on any atom is 0.0471 e. The summed E-state index contributed by atoms with van der Waals surface area (Å²) >= 11 is 5.77. The van der Waals surface area contributed by atoms with Gasteiger partial charge < -0.3 is 11.5 Å². The Bertz CT molecular complexity index is 240. The highest BCUT2D eigenvalue weighted by atomic mass is 35.5. The summed E-state index contributed by atoms with van der Waals surface area (Å²) < 4.78 is 0. The smallest absolute Gasteiger partial charge is 0.0471 e. The zero-order valence-electron chi connectivity index (χ0n) is 6.29. The molecule has 1 aromatic carbocycles. The van der Waals surface area contributed by atoms with Crippen LogP contribution in [0.1, 0.15) is 5.56 Å². The van der Waals surface area contributed by atoms with Gasteiger partial charge in [0.1, 0.15) is 0 Å². The van der Waals surface area contributed by atoms with Crippen LogP contribution in [0.3, 0.4) is 0 Å². The molecule has 5 heteroatoms. The van der Waals surface area contributed by atoms with Crippen molar-refractivity contribution in [3.8, 4) is 0 Å². The van der Waals surface area contributed by atoms with Crippen LogP contribution >= 0.6 is 36.4 Å². The zero-order valence-corrected chi connectivity index (χ0v) is 8.68. The van der Waals surface area contributed by atoms with E-state index in [-0.39, 0.29) is 24.8 Å². The minimum atomic E-state index is 0. The Morgan fingerprint density at radius 3 is 2.25 bits per heavy atom. The number of rotatable bonds is 1. The van der Waals surface area contributed by atoms with Gasteiger partial charge in [-0.25, -0.2) is 0 Å². The van der Waals surface area contributed by atoms with Gasteiger partial charge in [0.25, 0.3) is 0 Å². The molecule has 0 amide bonds. The van der Waals surface area contributed by atoms with Gasteiger partial charge in [-0.1, -0.05) is 17.7 Å². The third-order valence-electron chi connectivity index (χ3n) is 1.30. The molecule has 0 atom stereocenters. The predicted molar refractivity (Wildman–Crippen MR) is 58.3 cm³/mol. The quantitative estimate of drug-likeness (QED) is 0.726. The number of halogens is 3. The Morgan fingerprint density at radius 1 is 1.25 bits per heavy atom. The molecule has 1 rings (SSSR count). The van der Waals surface area contributed by atoms with Crippen molar-refractivity contribution >= 4 is 42.1 Å². The Balaban J connectivity index is 0. The molecule has 1 aromatic rings. The van der Waals surface area contributed by atoms with Crippen LogP contribution in [-0.4, -0.2) is 0 Å². The third kappa shape index (κ3) is 3.50. The third-order valence-corrected chi connectivity index (χ3v) is 1.65. The first kappa shape index (κ1) is 14.4. The maximum atomic E-state index is 5.77. The van der Waals surface area contributed by atoms with Gasteiger partial charge in [-0.05, 0) is 17.7 Å². The Labute approximate surface area is 89.1 Å². The number of nitrogen functional groups attached to an aromatic ring is 1. The first-order chi connectivity index (χ1) is 4.74. The van der Waals surface area contributed by atoms with E-state index in [0.717, 1.165) is 5.56 Å². The number of hydrogen-bond acceptors (Lipinski definition) is 2. The molecule has 0 aliphatic carbocycles. The molecule has 2 nitrogen and oxygen atoms in total. The lowest BCUT2D eigenvalue weighted by molar-refractivity contribution is 1.07. The van der Waals surface area contributed by atoms with Gasteiger partial charge in [0.2, 0.25) is 0 Å². The van der Waals surface area contributed by atoms with Crippen LogP contribution in [0.4, 0.5) is 5.69 Å². The summed E-state index contributed by atoms with van der Waals surface area (Å²) in [6.45, 7) is 0.457. The lowest BCUT2D eigenvalue weighted by atomic mass is 10.2. The SMILES string of the molecule is Cl.Cl.NCc1ccc(N)cc1Cl. The Morgan fingerprint density at radius 2 is 1.83 bits per heavy atom. The second-order valence-electron chi connectivity index (χ2n) is 2.05. The van der Waals surface area contributed by atoms with E-state index >= 15 is 0 Å². The summed E-state index contributed by atoms with van der Waals surface area (Å²) in [6, 6.07) is 5.31. The summed E-state index contributed by atoms with van der Waals surface area (Å²) in [5, 5.41) is 0.641. The lowest BCUT2D eigenvalue weighted by Gasteiger charge is -2.00. The zero-order chi connectivity index (χ0) is 7.56. The molecule has 0 heterocycles. The number of hydrogen-bond donors (Lipinski definition) is 2. The molecule has 0 aromatic heterocycles. The lowest BCUT2D eigenvalue weighted by Crippen LogP contribution is -1.97. The summed E-state index contributed by atoms with van der Waals surface area (Å²) in [5.41, 5.74) is 12.4. The molecule has 0 aliphatic rings. The van der Waals surface area contributed by atoms with Crippen LogP contribution in [0.25, 0.3) is 0 Å². The van der Waals surface area contributed by atoms with Gasteiger partial charge in [-0.2, -0.15) is 0 Å². The van der Waals surface area contributed by atoms with E-state index in [2.05, 4.69) is 0 Å². The first-order valence-corrected chi connectivity index (χ1v) is 3.36. The predicted octanol–water partition coefficient (Wildman–Crippen LogP) is 2.22. The van der Waals surface area contributed by atoms with Crippen molar-refractivity contribution in [2.24, 2.45) is 5.73 Å². The van der Waals surface area contributed by atoms with Crippen LogP contribution in [-0.2, 0) is 6.54 Å². The largest absolute Gasteiger partial charge is 0.399 e. The summed E-state index contributed by atoms with van der Waals surface area (Å²) in [4.78, 5) is 0. The van der Waals surface area contributed by atoms with E-state index in [1.54, 1.807) is 12.1 Å². The van der Waals surface area contributed by atoms with Gasteiger partial charge in [-0.3, -0.25) is 0 Å². The number of nitrogens with two attached hydrogens (primary N) is 2. The monoisotopic (exact) mass is 228 g/mol. The van der Waals surface area contributed by atoms with Gasteiger partial charge in [0, 0.05) is 17.3 Å². The summed E-state index contributed by atoms with van der Waals surface area (Å²) in [7, 11) is 0. The average molecular weight is 230 g/mol. The highest BCUT2D eigenvalue weighted by Gasteiger charge is 1.96. The average Bonchev–Trinajstić information content (AvgIpc) is 1.88. The molecule has 0 saturated heterocycles. The van der Waals surface area contributed by atoms with Crippen molar-refractivity contribution in [2.75, 3.05) is 5.73 Å². The maximum absolute atomic E-state index is 5.77. The molecule has 0 spiro atoms. The minimum Gasteiger partial charge on any atom is -0.399 e. The molecular formula is C7H11Cl3N2. The Kier molecular flexibility index (Phi) is 7.64. The first-order valence-electron chi connectivity index (χ1n) is 2.98. The molecular weight excluding hydrogens is 218 g/mol. The molecule has 4 N–H and O–H groups in total. The van der Waals surface area contributed by atoms with Crippen LogP contribution < -0.4 is 11.5 Å². The van der Waals surface area contributed by atoms with Crippen LogP contribution in [0.2, 0.25) is 5.02 Å². The van der Waals surface area contributed by atoms with E-state index in [0.29, 0.717) is 17.3 Å². The van der Waals surface area contributed by atoms with Gasteiger partial charge in [0.15, 0.2) is 0 Å². The van der Waals surface area contributed by atoms with E-state index in [1.807, 2.05) is 6.07 Å². The molecule has 0 saturated carbocycles. The van der Waals surface area contributed by atoms with Crippen molar-refractivity contribution in [2.45, 2.75) is 6.54 Å². The van der Waals surface area contributed by atoms with Gasteiger partial charge in [-0.15, -0.1) is 24.8 Å². The van der Waals surface area contributed by atoms with Crippen LogP contribution in [0.15, 0.2) is 18.2 Å². The molecule has 0 unspecified atom stereocenters. The highest BCUT2D eigenvalue weighted by molar-refractivity contribution is 6.31. The second-order valence-corrected chi connectivity index (χ2v) is 2.46. The highest BCUT2D eigenvalue weighted by Crippen LogP contribution is 2.17. The fraction of sp³-hybridized carbons (Fsp3) is 0.143. The molecule has 0 bridgehead atoms. The van der Waals surface area contributed by atoms with E-state index < -0.39 is 0 Å². The minimum absolute atomic E-state index is 0. The topological polar surface area (TPSA) is 52.0 Å². The van der Waals surface area contributed by atoms with E-state index in [4.69, 9.17) is 23.1 Å². The van der Waals surface area contributed by atoms with Crippen molar-refractivity contribution in [1.82, 2.24) is 0 Å². The molecule has 0 radical (unpaired) electrons. The van der Waals surface area contributed by atoms with Crippen LogP contribution in [0, 0.1) is 0 Å². The molecule has 0 fully saturated rings. The molecule has 0 aliphatic heterocycles. The molecule has 12 heavy (non-hydrogen) atoms. The number of benzene rings is 1.